The largest absolute Gasteiger partial charge is 0.492 e. The van der Waals surface area contributed by atoms with E-state index in [1.807, 2.05) is 11.5 Å². The van der Waals surface area contributed by atoms with Crippen molar-refractivity contribution in [2.24, 2.45) is 0 Å². The Balaban J connectivity index is 1.61. The van der Waals surface area contributed by atoms with E-state index in [9.17, 15) is 14.4 Å². The van der Waals surface area contributed by atoms with Gasteiger partial charge in [-0.25, -0.2) is 9.59 Å². The van der Waals surface area contributed by atoms with Gasteiger partial charge in [-0.1, -0.05) is 35.0 Å². The van der Waals surface area contributed by atoms with Crippen molar-refractivity contribution < 1.29 is 28.6 Å². The fraction of sp³-hybridized carbons (Fsp3) is 0.423. The third-order valence-corrected chi connectivity index (χ3v) is 8.16. The van der Waals surface area contributed by atoms with Gasteiger partial charge in [0, 0.05) is 18.0 Å². The van der Waals surface area contributed by atoms with Crippen molar-refractivity contribution >= 4 is 69.1 Å². The Morgan fingerprint density at radius 3 is 2.48 bits per heavy atom. The number of carbonyl (C=O) groups is 3. The van der Waals surface area contributed by atoms with E-state index in [0.29, 0.717) is 52.5 Å². The Labute approximate surface area is 250 Å². The number of hydrogen-bond acceptors (Lipinski definition) is 10. The second-order valence-electron chi connectivity index (χ2n) is 8.21. The Morgan fingerprint density at radius 2 is 1.80 bits per heavy atom. The van der Waals surface area contributed by atoms with Crippen molar-refractivity contribution in [1.82, 2.24) is 14.8 Å². The highest BCUT2D eigenvalue weighted by Crippen LogP contribution is 2.34. The van der Waals surface area contributed by atoms with E-state index in [2.05, 4.69) is 15.5 Å². The number of thioether (sulfide) groups is 1. The molecular weight excluding hydrogens is 599 g/mol. The molecule has 0 radical (unpaired) electrons. The molecule has 0 fully saturated rings. The Morgan fingerprint density at radius 1 is 1.07 bits per heavy atom. The molecule has 1 aromatic carbocycles. The molecule has 0 saturated carbocycles. The number of benzene rings is 1. The lowest BCUT2D eigenvalue weighted by Crippen LogP contribution is -2.17. The molecule has 0 atom stereocenters. The zero-order valence-electron chi connectivity index (χ0n) is 22.5. The molecule has 0 aliphatic carbocycles. The van der Waals surface area contributed by atoms with Crippen molar-refractivity contribution in [2.75, 3.05) is 30.9 Å². The van der Waals surface area contributed by atoms with Crippen molar-refractivity contribution in [3.8, 4) is 5.75 Å². The topological polar surface area (TPSA) is 122 Å². The first-order valence-electron chi connectivity index (χ1n) is 12.6. The zero-order chi connectivity index (χ0) is 29.2. The van der Waals surface area contributed by atoms with Crippen LogP contribution in [0.3, 0.4) is 0 Å². The normalized spacial score (nSPS) is 10.8. The van der Waals surface area contributed by atoms with Gasteiger partial charge >= 0.3 is 11.9 Å². The van der Waals surface area contributed by atoms with Gasteiger partial charge in [0.25, 0.3) is 0 Å². The smallest absolute Gasteiger partial charge is 0.348 e. The van der Waals surface area contributed by atoms with Crippen LogP contribution in [0.1, 0.15) is 58.6 Å². The van der Waals surface area contributed by atoms with Crippen molar-refractivity contribution in [2.45, 2.75) is 52.2 Å². The molecule has 2 heterocycles. The minimum atomic E-state index is -0.618. The molecule has 3 rings (SSSR count). The van der Waals surface area contributed by atoms with Crippen LogP contribution in [0.15, 0.2) is 23.4 Å². The second-order valence-corrected chi connectivity index (χ2v) is 11.0. The molecule has 0 spiro atoms. The van der Waals surface area contributed by atoms with Crippen molar-refractivity contribution in [3.63, 3.8) is 0 Å². The lowest BCUT2D eigenvalue weighted by atomic mass is 10.1. The number of esters is 2. The van der Waals surface area contributed by atoms with Crippen LogP contribution in [-0.4, -0.2) is 58.2 Å². The molecule has 14 heteroatoms. The summed E-state index contributed by atoms with van der Waals surface area (Å²) in [5.74, 6) is -0.194. The van der Waals surface area contributed by atoms with Gasteiger partial charge in [-0.05, 0) is 57.9 Å². The average molecular weight is 630 g/mol. The van der Waals surface area contributed by atoms with E-state index in [-0.39, 0.29) is 40.3 Å². The molecule has 0 aliphatic rings. The van der Waals surface area contributed by atoms with Gasteiger partial charge in [0.15, 0.2) is 5.16 Å². The van der Waals surface area contributed by atoms with E-state index in [1.165, 1.54) is 11.8 Å². The van der Waals surface area contributed by atoms with E-state index >= 15 is 0 Å². The fourth-order valence-corrected chi connectivity index (χ4v) is 6.06. The number of aromatic nitrogens is 3. The standard InChI is InChI=1S/C26H30Cl2N4O6S2/c1-5-32-19(9-8-12-38-18-11-10-16(27)13-17(18)28)30-31-26(32)39-14-20(33)29-23-21(24(34)36-6-2)15(4)22(40-23)25(35)37-7-3/h10-11,13H,5-9,12,14H2,1-4H3,(H,29,33). The summed E-state index contributed by atoms with van der Waals surface area (Å²) in [4.78, 5) is 38.0. The summed E-state index contributed by atoms with van der Waals surface area (Å²) in [5.41, 5.74) is 0.553. The van der Waals surface area contributed by atoms with Crippen molar-refractivity contribution in [3.05, 3.63) is 50.1 Å². The highest BCUT2D eigenvalue weighted by Gasteiger charge is 2.27. The maximum atomic E-state index is 12.8. The van der Waals surface area contributed by atoms with Crippen LogP contribution in [0.5, 0.6) is 5.75 Å². The van der Waals surface area contributed by atoms with Gasteiger partial charge in [0.2, 0.25) is 5.91 Å². The maximum Gasteiger partial charge on any atom is 0.348 e. The SMILES string of the molecule is CCOC(=O)c1sc(NC(=O)CSc2nnc(CCCOc3ccc(Cl)cc3Cl)n2CC)c(C(=O)OCC)c1C. The number of nitrogens with zero attached hydrogens (tertiary/aromatic N) is 3. The maximum absolute atomic E-state index is 12.8. The third kappa shape index (κ3) is 8.12. The number of rotatable bonds is 14. The summed E-state index contributed by atoms with van der Waals surface area (Å²) in [6.45, 7) is 8.36. The van der Waals surface area contributed by atoms with Crippen molar-refractivity contribution in [1.29, 1.82) is 0 Å². The third-order valence-electron chi connectivity index (χ3n) is 5.48. The monoisotopic (exact) mass is 628 g/mol. The predicted molar refractivity (Wildman–Crippen MR) is 156 cm³/mol. The van der Waals surface area contributed by atoms with Crippen LogP contribution in [0.25, 0.3) is 0 Å². The van der Waals surface area contributed by atoms with Gasteiger partial charge < -0.3 is 24.1 Å². The minimum Gasteiger partial charge on any atom is -0.492 e. The second kappa shape index (κ2) is 15.3. The first-order valence-corrected chi connectivity index (χ1v) is 15.2. The molecule has 40 heavy (non-hydrogen) atoms. The Hall–Kier alpha value is -2.80. The van der Waals surface area contributed by atoms with Crippen LogP contribution >= 0.6 is 46.3 Å². The number of amides is 1. The van der Waals surface area contributed by atoms with Crippen LogP contribution in [0, 0.1) is 6.92 Å². The van der Waals surface area contributed by atoms with Gasteiger partial charge in [-0.2, -0.15) is 0 Å². The fourth-order valence-electron chi connectivity index (χ4n) is 3.67. The molecule has 1 N–H and O–H groups in total. The van der Waals surface area contributed by atoms with E-state index < -0.39 is 11.9 Å². The van der Waals surface area contributed by atoms with E-state index in [4.69, 9.17) is 37.4 Å². The lowest BCUT2D eigenvalue weighted by molar-refractivity contribution is -0.113. The first kappa shape index (κ1) is 31.7. The number of carbonyl (C=O) groups excluding carboxylic acids is 3. The van der Waals surface area contributed by atoms with Crippen LogP contribution in [0.2, 0.25) is 10.0 Å². The molecule has 3 aromatic rings. The number of thiophene rings is 1. The van der Waals surface area contributed by atoms with Gasteiger partial charge in [0.05, 0.1) is 36.2 Å². The molecule has 1 amide bonds. The molecular formula is C26H30Cl2N4O6S2. The summed E-state index contributed by atoms with van der Waals surface area (Å²) in [7, 11) is 0. The van der Waals surface area contributed by atoms with Gasteiger partial charge in [-0.3, -0.25) is 4.79 Å². The van der Waals surface area contributed by atoms with Crippen LogP contribution in [0.4, 0.5) is 5.00 Å². The molecule has 0 aliphatic heterocycles. The number of hydrogen-bond donors (Lipinski definition) is 1. The number of nitrogens with one attached hydrogen (secondary N) is 1. The molecule has 0 unspecified atom stereocenters. The summed E-state index contributed by atoms with van der Waals surface area (Å²) in [5, 5.41) is 13.1. The average Bonchev–Trinajstić information content (AvgIpc) is 3.46. The van der Waals surface area contributed by atoms with E-state index in [0.717, 1.165) is 17.2 Å². The van der Waals surface area contributed by atoms with Gasteiger partial charge in [-0.15, -0.1) is 21.5 Å². The molecule has 10 nitrogen and oxygen atoms in total. The summed E-state index contributed by atoms with van der Waals surface area (Å²) in [6.07, 6.45) is 1.30. The van der Waals surface area contributed by atoms with Crippen LogP contribution < -0.4 is 10.1 Å². The highest BCUT2D eigenvalue weighted by atomic mass is 35.5. The minimum absolute atomic E-state index is 0.0181. The quantitative estimate of drug-likeness (QED) is 0.129. The number of anilines is 1. The van der Waals surface area contributed by atoms with E-state index in [1.54, 1.807) is 39.0 Å². The van der Waals surface area contributed by atoms with Gasteiger partial charge in [0.1, 0.15) is 21.5 Å². The molecule has 0 saturated heterocycles. The molecule has 0 bridgehead atoms. The summed E-state index contributed by atoms with van der Waals surface area (Å²) >= 11 is 14.3. The molecule has 2 aromatic heterocycles. The zero-order valence-corrected chi connectivity index (χ0v) is 25.7. The molecule has 216 valence electrons. The first-order chi connectivity index (χ1) is 19.2. The number of halogens is 2. The highest BCUT2D eigenvalue weighted by molar-refractivity contribution is 7.99. The predicted octanol–water partition coefficient (Wildman–Crippen LogP) is 6.07. The Kier molecular flexibility index (Phi) is 12.1. The number of ether oxygens (including phenoxy) is 3. The lowest BCUT2D eigenvalue weighted by Gasteiger charge is -2.10. The summed E-state index contributed by atoms with van der Waals surface area (Å²) < 4.78 is 17.9. The number of aryl methyl sites for hydroxylation is 1. The summed E-state index contributed by atoms with van der Waals surface area (Å²) in [6, 6.07) is 5.07. The Bertz CT molecular complexity index is 1360. The van der Waals surface area contributed by atoms with Crippen LogP contribution in [-0.2, 0) is 27.2 Å².